The highest BCUT2D eigenvalue weighted by Crippen LogP contribution is 2.24. The Labute approximate surface area is 162 Å². The summed E-state index contributed by atoms with van der Waals surface area (Å²) >= 11 is 0. The first-order valence-electron chi connectivity index (χ1n) is 9.10. The van der Waals surface area contributed by atoms with Crippen molar-refractivity contribution < 1.29 is 9.21 Å². The standard InChI is InChI=1S/C23H20N2O3/c1-15-10-11-18-20(13-15)25(16(2)23(27)24-21-9-6-12-28-21)14-19(22(18)26)17-7-4-3-5-8-17/h3-14,16H,1-2H3,(H,24,27). The summed E-state index contributed by atoms with van der Waals surface area (Å²) < 4.78 is 7.07. The molecule has 1 N–H and O–H groups in total. The second-order valence-corrected chi connectivity index (χ2v) is 6.81. The molecule has 2 heterocycles. The smallest absolute Gasteiger partial charge is 0.249 e. The van der Waals surface area contributed by atoms with E-state index in [1.807, 2.05) is 60.0 Å². The molecule has 1 amide bonds. The van der Waals surface area contributed by atoms with Crippen LogP contribution in [0.4, 0.5) is 5.88 Å². The Morgan fingerprint density at radius 3 is 2.57 bits per heavy atom. The maximum Gasteiger partial charge on any atom is 0.249 e. The van der Waals surface area contributed by atoms with E-state index < -0.39 is 6.04 Å². The molecule has 0 saturated heterocycles. The van der Waals surface area contributed by atoms with Crippen molar-refractivity contribution in [2.45, 2.75) is 19.9 Å². The van der Waals surface area contributed by atoms with Crippen molar-refractivity contribution in [2.24, 2.45) is 0 Å². The fourth-order valence-corrected chi connectivity index (χ4v) is 3.31. The van der Waals surface area contributed by atoms with Gasteiger partial charge in [-0.15, -0.1) is 0 Å². The molecule has 140 valence electrons. The van der Waals surface area contributed by atoms with Crippen LogP contribution in [0.3, 0.4) is 0 Å². The summed E-state index contributed by atoms with van der Waals surface area (Å²) in [6.45, 7) is 3.77. The molecule has 0 saturated carbocycles. The number of benzene rings is 2. The van der Waals surface area contributed by atoms with Gasteiger partial charge in [0.15, 0.2) is 11.3 Å². The van der Waals surface area contributed by atoms with Crippen LogP contribution in [0.5, 0.6) is 0 Å². The third-order valence-electron chi connectivity index (χ3n) is 4.84. The van der Waals surface area contributed by atoms with Gasteiger partial charge in [0.05, 0.1) is 11.8 Å². The van der Waals surface area contributed by atoms with Gasteiger partial charge in [0.2, 0.25) is 5.91 Å². The van der Waals surface area contributed by atoms with E-state index in [2.05, 4.69) is 5.32 Å². The minimum absolute atomic E-state index is 0.0453. The van der Waals surface area contributed by atoms with E-state index in [0.717, 1.165) is 16.6 Å². The third kappa shape index (κ3) is 3.22. The van der Waals surface area contributed by atoms with E-state index in [-0.39, 0.29) is 11.3 Å². The number of furan rings is 1. The summed E-state index contributed by atoms with van der Waals surface area (Å²) in [5, 5.41) is 3.36. The van der Waals surface area contributed by atoms with Gasteiger partial charge in [-0.3, -0.25) is 14.9 Å². The summed E-state index contributed by atoms with van der Waals surface area (Å²) in [7, 11) is 0. The van der Waals surface area contributed by atoms with Crippen molar-refractivity contribution in [1.82, 2.24) is 4.57 Å². The Balaban J connectivity index is 1.88. The lowest BCUT2D eigenvalue weighted by atomic mass is 10.0. The first-order chi connectivity index (χ1) is 13.5. The van der Waals surface area contributed by atoms with Gasteiger partial charge in [-0.1, -0.05) is 36.4 Å². The van der Waals surface area contributed by atoms with Gasteiger partial charge in [0.1, 0.15) is 6.04 Å². The number of nitrogens with one attached hydrogen (secondary N) is 1. The monoisotopic (exact) mass is 372 g/mol. The number of nitrogens with zero attached hydrogens (tertiary/aromatic N) is 1. The van der Waals surface area contributed by atoms with Crippen molar-refractivity contribution in [3.8, 4) is 11.1 Å². The Morgan fingerprint density at radius 1 is 1.07 bits per heavy atom. The molecule has 0 fully saturated rings. The van der Waals surface area contributed by atoms with Crippen molar-refractivity contribution in [1.29, 1.82) is 0 Å². The van der Waals surface area contributed by atoms with Crippen LogP contribution >= 0.6 is 0 Å². The highest BCUT2D eigenvalue weighted by Gasteiger charge is 2.20. The number of carbonyl (C=O) groups excluding carboxylic acids is 1. The van der Waals surface area contributed by atoms with Crippen molar-refractivity contribution >= 4 is 22.7 Å². The number of pyridine rings is 1. The predicted molar refractivity (Wildman–Crippen MR) is 110 cm³/mol. The molecule has 0 aliphatic carbocycles. The number of fused-ring (bicyclic) bond motifs is 1. The normalized spacial score (nSPS) is 12.1. The van der Waals surface area contributed by atoms with E-state index in [1.165, 1.54) is 6.26 Å². The maximum absolute atomic E-state index is 13.1. The average molecular weight is 372 g/mol. The van der Waals surface area contributed by atoms with Crippen LogP contribution in [0.25, 0.3) is 22.0 Å². The second-order valence-electron chi connectivity index (χ2n) is 6.81. The van der Waals surface area contributed by atoms with Gasteiger partial charge in [-0.2, -0.15) is 0 Å². The van der Waals surface area contributed by atoms with Crippen molar-refractivity contribution in [3.05, 3.63) is 88.9 Å². The Bertz CT molecular complexity index is 1190. The van der Waals surface area contributed by atoms with E-state index in [4.69, 9.17) is 4.42 Å². The van der Waals surface area contributed by atoms with Crippen LogP contribution in [0.1, 0.15) is 18.5 Å². The summed E-state index contributed by atoms with van der Waals surface area (Å²) in [5.74, 6) is 0.169. The molecule has 1 atom stereocenters. The zero-order chi connectivity index (χ0) is 19.7. The van der Waals surface area contributed by atoms with Gasteiger partial charge >= 0.3 is 0 Å². The Kier molecular flexibility index (Phi) is 4.57. The van der Waals surface area contributed by atoms with Crippen molar-refractivity contribution in [2.75, 3.05) is 5.32 Å². The molecule has 2 aromatic heterocycles. The first-order valence-corrected chi connectivity index (χ1v) is 9.10. The van der Waals surface area contributed by atoms with Crippen LogP contribution in [-0.2, 0) is 4.79 Å². The Morgan fingerprint density at radius 2 is 1.86 bits per heavy atom. The highest BCUT2D eigenvalue weighted by molar-refractivity contribution is 5.94. The van der Waals surface area contributed by atoms with Gasteiger partial charge in [0.25, 0.3) is 0 Å². The zero-order valence-electron chi connectivity index (χ0n) is 15.7. The lowest BCUT2D eigenvalue weighted by Crippen LogP contribution is -2.25. The number of carbonyl (C=O) groups is 1. The maximum atomic E-state index is 13.1. The number of amides is 1. The second kappa shape index (κ2) is 7.19. The number of rotatable bonds is 4. The molecule has 0 aliphatic heterocycles. The number of hydrogen-bond donors (Lipinski definition) is 1. The SMILES string of the molecule is Cc1ccc2c(=O)c(-c3ccccc3)cn(C(C)C(=O)Nc3ccco3)c2c1. The van der Waals surface area contributed by atoms with Crippen LogP contribution in [0, 0.1) is 6.92 Å². The molecular weight excluding hydrogens is 352 g/mol. The van der Waals surface area contributed by atoms with Crippen molar-refractivity contribution in [3.63, 3.8) is 0 Å². The topological polar surface area (TPSA) is 64.2 Å². The van der Waals surface area contributed by atoms with Crippen LogP contribution in [0.15, 0.2) is 82.3 Å². The molecule has 5 heteroatoms. The average Bonchev–Trinajstić information content (AvgIpc) is 3.21. The van der Waals surface area contributed by atoms with E-state index in [9.17, 15) is 9.59 Å². The molecule has 5 nitrogen and oxygen atoms in total. The predicted octanol–water partition coefficient (Wildman–Crippen LogP) is 4.77. The molecule has 0 aliphatic rings. The van der Waals surface area contributed by atoms with E-state index in [1.54, 1.807) is 25.3 Å². The molecule has 0 spiro atoms. The van der Waals surface area contributed by atoms with E-state index >= 15 is 0 Å². The van der Waals surface area contributed by atoms with Crippen LogP contribution in [0.2, 0.25) is 0 Å². The molecule has 4 aromatic rings. The molecule has 0 bridgehead atoms. The number of aryl methyl sites for hydroxylation is 1. The first kappa shape index (κ1) is 17.8. The molecule has 2 aromatic carbocycles. The minimum atomic E-state index is -0.544. The summed E-state index contributed by atoms with van der Waals surface area (Å²) in [6.07, 6.45) is 3.28. The van der Waals surface area contributed by atoms with Gasteiger partial charge in [-0.05, 0) is 43.2 Å². The quantitative estimate of drug-likeness (QED) is 0.561. The zero-order valence-corrected chi connectivity index (χ0v) is 15.7. The fraction of sp³-hybridized carbons (Fsp3) is 0.130. The van der Waals surface area contributed by atoms with Gasteiger partial charge in [0, 0.05) is 23.2 Å². The van der Waals surface area contributed by atoms with Crippen LogP contribution < -0.4 is 10.7 Å². The Hall–Kier alpha value is -3.60. The number of hydrogen-bond acceptors (Lipinski definition) is 3. The molecule has 0 radical (unpaired) electrons. The van der Waals surface area contributed by atoms with Gasteiger partial charge in [-0.25, -0.2) is 0 Å². The number of anilines is 1. The molecule has 4 rings (SSSR count). The minimum Gasteiger partial charge on any atom is -0.449 e. The summed E-state index contributed by atoms with van der Waals surface area (Å²) in [5.41, 5.74) is 3.09. The van der Waals surface area contributed by atoms with Gasteiger partial charge < -0.3 is 8.98 Å². The molecular formula is C23H20N2O3. The fourth-order valence-electron chi connectivity index (χ4n) is 3.31. The summed E-state index contributed by atoms with van der Waals surface area (Å²) in [6, 6.07) is 18.0. The number of aromatic nitrogens is 1. The lowest BCUT2D eigenvalue weighted by Gasteiger charge is -2.20. The van der Waals surface area contributed by atoms with Crippen LogP contribution in [-0.4, -0.2) is 10.5 Å². The highest BCUT2D eigenvalue weighted by atomic mass is 16.3. The molecule has 1 unspecified atom stereocenters. The lowest BCUT2D eigenvalue weighted by molar-refractivity contribution is -0.118. The third-order valence-corrected chi connectivity index (χ3v) is 4.84. The molecule has 28 heavy (non-hydrogen) atoms. The van der Waals surface area contributed by atoms with E-state index in [0.29, 0.717) is 16.8 Å². The largest absolute Gasteiger partial charge is 0.449 e. The summed E-state index contributed by atoms with van der Waals surface area (Å²) in [4.78, 5) is 25.9.